The summed E-state index contributed by atoms with van der Waals surface area (Å²) >= 11 is 0. The van der Waals surface area contributed by atoms with Gasteiger partial charge in [0.15, 0.2) is 0 Å². The van der Waals surface area contributed by atoms with Crippen LogP contribution in [0.25, 0.3) is 0 Å². The molecule has 0 aromatic heterocycles. The molecule has 118 valence electrons. The molecule has 0 saturated carbocycles. The third-order valence-electron chi connectivity index (χ3n) is 3.34. The third-order valence-corrected chi connectivity index (χ3v) is 3.34. The van der Waals surface area contributed by atoms with Crippen LogP contribution >= 0.6 is 0 Å². The van der Waals surface area contributed by atoms with Crippen molar-refractivity contribution in [3.05, 3.63) is 29.3 Å². The van der Waals surface area contributed by atoms with Crippen LogP contribution in [0.2, 0.25) is 0 Å². The van der Waals surface area contributed by atoms with Gasteiger partial charge >= 0.3 is 11.9 Å². The van der Waals surface area contributed by atoms with E-state index >= 15 is 0 Å². The van der Waals surface area contributed by atoms with E-state index in [4.69, 9.17) is 4.74 Å². The molecule has 7 heteroatoms. The minimum absolute atomic E-state index is 0.156. The summed E-state index contributed by atoms with van der Waals surface area (Å²) in [5.74, 6) is -1.66. The van der Waals surface area contributed by atoms with Crippen LogP contribution in [0.5, 0.6) is 0 Å². The summed E-state index contributed by atoms with van der Waals surface area (Å²) in [4.78, 5) is 35.4. The zero-order chi connectivity index (χ0) is 16.1. The Morgan fingerprint density at radius 2 is 1.68 bits per heavy atom. The van der Waals surface area contributed by atoms with Crippen LogP contribution < -0.4 is 5.32 Å². The minimum Gasteiger partial charge on any atom is -0.465 e. The highest BCUT2D eigenvalue weighted by molar-refractivity contribution is 6.00. The Hall–Kier alpha value is -2.41. The second kappa shape index (κ2) is 7.04. The van der Waals surface area contributed by atoms with Gasteiger partial charge in [-0.2, -0.15) is 0 Å². The van der Waals surface area contributed by atoms with Crippen molar-refractivity contribution in [2.45, 2.75) is 6.42 Å². The van der Waals surface area contributed by atoms with E-state index in [0.717, 1.165) is 0 Å². The van der Waals surface area contributed by atoms with Crippen LogP contribution in [-0.2, 0) is 19.0 Å². The molecule has 0 spiro atoms. The van der Waals surface area contributed by atoms with Gasteiger partial charge < -0.3 is 19.5 Å². The number of hydrogen-bond acceptors (Lipinski definition) is 6. The Morgan fingerprint density at radius 1 is 1.09 bits per heavy atom. The van der Waals surface area contributed by atoms with Gasteiger partial charge in [0.05, 0.1) is 37.9 Å². The molecule has 0 aliphatic carbocycles. The average Bonchev–Trinajstić information content (AvgIpc) is 3.07. The van der Waals surface area contributed by atoms with E-state index in [0.29, 0.717) is 25.3 Å². The summed E-state index contributed by atoms with van der Waals surface area (Å²) < 4.78 is 14.4. The normalized spacial score (nSPS) is 16.9. The Bertz CT molecular complexity index is 557. The lowest BCUT2D eigenvalue weighted by Crippen LogP contribution is -2.23. The predicted molar refractivity (Wildman–Crippen MR) is 76.7 cm³/mol. The van der Waals surface area contributed by atoms with Crippen LogP contribution in [0.15, 0.2) is 18.2 Å². The highest BCUT2D eigenvalue weighted by Gasteiger charge is 2.24. The van der Waals surface area contributed by atoms with Gasteiger partial charge in [0.2, 0.25) is 5.91 Å². The van der Waals surface area contributed by atoms with E-state index in [1.54, 1.807) is 0 Å². The number of carbonyl (C=O) groups excluding carboxylic acids is 3. The van der Waals surface area contributed by atoms with Crippen LogP contribution in [0.3, 0.4) is 0 Å². The maximum absolute atomic E-state index is 12.1. The summed E-state index contributed by atoms with van der Waals surface area (Å²) in [6, 6.07) is 4.25. The summed E-state index contributed by atoms with van der Waals surface area (Å²) in [5.41, 5.74) is 0.645. The van der Waals surface area contributed by atoms with Crippen molar-refractivity contribution in [1.29, 1.82) is 0 Å². The number of anilines is 1. The zero-order valence-electron chi connectivity index (χ0n) is 12.4. The van der Waals surface area contributed by atoms with Crippen LogP contribution in [0, 0.1) is 5.92 Å². The number of rotatable bonds is 4. The number of benzene rings is 1. The molecule has 7 nitrogen and oxygen atoms in total. The molecule has 1 amide bonds. The van der Waals surface area contributed by atoms with Crippen molar-refractivity contribution >= 4 is 23.5 Å². The SMILES string of the molecule is COC(=O)c1cc(NC(=O)[C@H]2CCOC2)cc(C(=O)OC)c1. The number of nitrogens with one attached hydrogen (secondary N) is 1. The first-order chi connectivity index (χ1) is 10.5. The highest BCUT2D eigenvalue weighted by Crippen LogP contribution is 2.20. The number of hydrogen-bond donors (Lipinski definition) is 1. The topological polar surface area (TPSA) is 90.9 Å². The smallest absolute Gasteiger partial charge is 0.337 e. The largest absolute Gasteiger partial charge is 0.465 e. The fraction of sp³-hybridized carbons (Fsp3) is 0.400. The fourth-order valence-electron chi connectivity index (χ4n) is 2.16. The van der Waals surface area contributed by atoms with Gasteiger partial charge in [-0.3, -0.25) is 4.79 Å². The van der Waals surface area contributed by atoms with Crippen molar-refractivity contribution < 1.29 is 28.6 Å². The van der Waals surface area contributed by atoms with Crippen molar-refractivity contribution in [3.8, 4) is 0 Å². The number of esters is 2. The molecule has 22 heavy (non-hydrogen) atoms. The Kier molecular flexibility index (Phi) is 5.11. The average molecular weight is 307 g/mol. The lowest BCUT2D eigenvalue weighted by Gasteiger charge is -2.12. The van der Waals surface area contributed by atoms with Gasteiger partial charge in [0.1, 0.15) is 0 Å². The first kappa shape index (κ1) is 16.0. The van der Waals surface area contributed by atoms with E-state index < -0.39 is 11.9 Å². The summed E-state index contributed by atoms with van der Waals surface area (Å²) in [7, 11) is 2.47. The van der Waals surface area contributed by atoms with Gasteiger partial charge in [0.25, 0.3) is 0 Å². The quantitative estimate of drug-likeness (QED) is 0.841. The standard InChI is InChI=1S/C15H17NO6/c1-20-14(18)10-5-11(15(19)21-2)7-12(6-10)16-13(17)9-3-4-22-8-9/h5-7,9H,3-4,8H2,1-2H3,(H,16,17)/t9-/m0/s1. The molecule has 1 atom stereocenters. The molecule has 1 heterocycles. The monoisotopic (exact) mass is 307 g/mol. The van der Waals surface area contributed by atoms with Gasteiger partial charge in [-0.1, -0.05) is 0 Å². The second-order valence-electron chi connectivity index (χ2n) is 4.83. The molecule has 1 aliphatic heterocycles. The number of ether oxygens (including phenoxy) is 3. The number of amides is 1. The molecule has 1 aliphatic rings. The van der Waals surface area contributed by atoms with E-state index in [-0.39, 0.29) is 23.0 Å². The molecule has 1 N–H and O–H groups in total. The van der Waals surface area contributed by atoms with Crippen LogP contribution in [-0.4, -0.2) is 45.3 Å². The van der Waals surface area contributed by atoms with Gasteiger partial charge in [0, 0.05) is 12.3 Å². The lowest BCUT2D eigenvalue weighted by atomic mass is 10.1. The van der Waals surface area contributed by atoms with E-state index in [9.17, 15) is 14.4 Å². The van der Waals surface area contributed by atoms with Crippen LogP contribution in [0.1, 0.15) is 27.1 Å². The molecule has 1 aromatic rings. The molecule has 2 rings (SSSR count). The molecule has 1 saturated heterocycles. The van der Waals surface area contributed by atoms with Gasteiger partial charge in [-0.25, -0.2) is 9.59 Å². The van der Waals surface area contributed by atoms with Crippen LogP contribution in [0.4, 0.5) is 5.69 Å². The van der Waals surface area contributed by atoms with Gasteiger partial charge in [-0.05, 0) is 24.6 Å². The molecule has 1 aromatic carbocycles. The fourth-order valence-corrected chi connectivity index (χ4v) is 2.16. The lowest BCUT2D eigenvalue weighted by molar-refractivity contribution is -0.119. The third kappa shape index (κ3) is 3.62. The zero-order valence-corrected chi connectivity index (χ0v) is 12.4. The Morgan fingerprint density at radius 3 is 2.14 bits per heavy atom. The molecular formula is C15H17NO6. The first-order valence-corrected chi connectivity index (χ1v) is 6.75. The van der Waals surface area contributed by atoms with Crippen molar-refractivity contribution in [2.75, 3.05) is 32.8 Å². The van der Waals surface area contributed by atoms with E-state index in [1.165, 1.54) is 32.4 Å². The molecule has 0 radical (unpaired) electrons. The number of carbonyl (C=O) groups is 3. The van der Waals surface area contributed by atoms with Gasteiger partial charge in [-0.15, -0.1) is 0 Å². The van der Waals surface area contributed by atoms with E-state index in [2.05, 4.69) is 14.8 Å². The summed E-state index contributed by atoms with van der Waals surface area (Å²) in [6.45, 7) is 0.917. The summed E-state index contributed by atoms with van der Waals surface area (Å²) in [5, 5.41) is 2.69. The Labute approximate surface area is 127 Å². The van der Waals surface area contributed by atoms with Crippen molar-refractivity contribution in [1.82, 2.24) is 0 Å². The van der Waals surface area contributed by atoms with Crippen molar-refractivity contribution in [3.63, 3.8) is 0 Å². The molecule has 0 unspecified atom stereocenters. The van der Waals surface area contributed by atoms with Crippen molar-refractivity contribution in [2.24, 2.45) is 5.92 Å². The maximum atomic E-state index is 12.1. The molecule has 0 bridgehead atoms. The number of methoxy groups -OCH3 is 2. The predicted octanol–water partition coefficient (Wildman–Crippen LogP) is 1.23. The highest BCUT2D eigenvalue weighted by atomic mass is 16.5. The summed E-state index contributed by atoms with van der Waals surface area (Å²) in [6.07, 6.45) is 0.645. The molecule has 1 fully saturated rings. The maximum Gasteiger partial charge on any atom is 0.337 e. The first-order valence-electron chi connectivity index (χ1n) is 6.75. The molecular weight excluding hydrogens is 290 g/mol. The minimum atomic E-state index is -0.606. The Balaban J connectivity index is 2.26. The van der Waals surface area contributed by atoms with E-state index in [1.807, 2.05) is 0 Å². The second-order valence-corrected chi connectivity index (χ2v) is 4.83.